The second kappa shape index (κ2) is 6.27. The van der Waals surface area contributed by atoms with Crippen molar-refractivity contribution in [2.45, 2.75) is 6.54 Å². The number of nitrogens with one attached hydrogen (secondary N) is 1. The molecule has 0 atom stereocenters. The first-order chi connectivity index (χ1) is 11.5. The number of fused-ring (bicyclic) bond motifs is 1. The van der Waals surface area contributed by atoms with Crippen molar-refractivity contribution >= 4 is 16.8 Å². The number of benzene rings is 2. The Hall–Kier alpha value is -2.96. The van der Waals surface area contributed by atoms with Crippen LogP contribution in [0.5, 0.6) is 5.88 Å². The molecule has 3 aromatic rings. The minimum Gasteiger partial charge on any atom is -0.481 e. The molecule has 1 heterocycles. The van der Waals surface area contributed by atoms with E-state index in [2.05, 4.69) is 10.4 Å². The van der Waals surface area contributed by atoms with E-state index in [1.54, 1.807) is 37.0 Å². The number of halogens is 2. The van der Waals surface area contributed by atoms with Gasteiger partial charge in [-0.15, -0.1) is 0 Å². The summed E-state index contributed by atoms with van der Waals surface area (Å²) in [4.78, 5) is 12.2. The van der Waals surface area contributed by atoms with Crippen LogP contribution >= 0.6 is 0 Å². The number of nitrogens with zero attached hydrogens (tertiary/aromatic N) is 2. The highest BCUT2D eigenvalue weighted by Crippen LogP contribution is 2.25. The lowest BCUT2D eigenvalue weighted by Crippen LogP contribution is -2.23. The van der Waals surface area contributed by atoms with Crippen molar-refractivity contribution in [1.82, 2.24) is 15.1 Å². The summed E-state index contributed by atoms with van der Waals surface area (Å²) < 4.78 is 33.3. The van der Waals surface area contributed by atoms with Crippen LogP contribution in [0.25, 0.3) is 10.9 Å². The molecule has 124 valence electrons. The average molecular weight is 331 g/mol. The van der Waals surface area contributed by atoms with Gasteiger partial charge in [-0.2, -0.15) is 5.10 Å². The first kappa shape index (κ1) is 15.9. The predicted molar refractivity (Wildman–Crippen MR) is 84.8 cm³/mol. The maximum atomic E-state index is 13.6. The van der Waals surface area contributed by atoms with E-state index >= 15 is 0 Å². The number of ether oxygens (including phenoxy) is 1. The Labute approximate surface area is 136 Å². The molecule has 0 saturated carbocycles. The van der Waals surface area contributed by atoms with E-state index in [9.17, 15) is 13.6 Å². The third-order valence-corrected chi connectivity index (χ3v) is 3.69. The molecule has 0 unspecified atom stereocenters. The molecular formula is C17H15F2N3O2. The molecule has 5 nitrogen and oxygen atoms in total. The van der Waals surface area contributed by atoms with E-state index in [0.717, 1.165) is 17.5 Å². The molecule has 1 N–H and O–H groups in total. The van der Waals surface area contributed by atoms with Gasteiger partial charge >= 0.3 is 0 Å². The van der Waals surface area contributed by atoms with Gasteiger partial charge in [-0.25, -0.2) is 13.5 Å². The smallest absolute Gasteiger partial charge is 0.251 e. The highest BCUT2D eigenvalue weighted by atomic mass is 19.1. The summed E-state index contributed by atoms with van der Waals surface area (Å²) in [5, 5.41) is 7.68. The number of amides is 1. The largest absolute Gasteiger partial charge is 0.481 e. The Morgan fingerprint density at radius 1 is 1.25 bits per heavy atom. The van der Waals surface area contributed by atoms with Gasteiger partial charge in [0.2, 0.25) is 5.88 Å². The van der Waals surface area contributed by atoms with E-state index in [1.807, 2.05) is 0 Å². The molecule has 1 aromatic heterocycles. The Morgan fingerprint density at radius 3 is 2.75 bits per heavy atom. The lowest BCUT2D eigenvalue weighted by atomic mass is 10.1. The van der Waals surface area contributed by atoms with Crippen molar-refractivity contribution < 1.29 is 18.3 Å². The number of hydrogen-bond acceptors (Lipinski definition) is 3. The Morgan fingerprint density at radius 2 is 2.04 bits per heavy atom. The van der Waals surface area contributed by atoms with Gasteiger partial charge in [0.1, 0.15) is 11.6 Å². The molecule has 0 spiro atoms. The number of rotatable bonds is 4. The fourth-order valence-electron chi connectivity index (χ4n) is 2.50. The molecule has 0 radical (unpaired) electrons. The highest BCUT2D eigenvalue weighted by molar-refractivity contribution is 5.98. The summed E-state index contributed by atoms with van der Waals surface area (Å²) in [5.41, 5.74) is 1.23. The normalized spacial score (nSPS) is 10.8. The second-order valence-electron chi connectivity index (χ2n) is 5.28. The van der Waals surface area contributed by atoms with Crippen LogP contribution in [0.1, 0.15) is 15.9 Å². The number of aromatic nitrogens is 2. The van der Waals surface area contributed by atoms with E-state index in [0.29, 0.717) is 17.0 Å². The molecule has 0 bridgehead atoms. The zero-order valence-corrected chi connectivity index (χ0v) is 13.1. The quantitative estimate of drug-likeness (QED) is 0.800. The molecule has 7 heteroatoms. The van der Waals surface area contributed by atoms with Crippen LogP contribution in [0.2, 0.25) is 0 Å². The molecule has 24 heavy (non-hydrogen) atoms. The fraction of sp³-hybridized carbons (Fsp3) is 0.176. The van der Waals surface area contributed by atoms with Crippen molar-refractivity contribution in [3.8, 4) is 5.88 Å². The summed E-state index contributed by atoms with van der Waals surface area (Å²) in [6.07, 6.45) is 0. The fourth-order valence-corrected chi connectivity index (χ4v) is 2.50. The lowest BCUT2D eigenvalue weighted by molar-refractivity contribution is 0.0950. The Balaban J connectivity index is 1.78. The van der Waals surface area contributed by atoms with E-state index < -0.39 is 11.6 Å². The standard InChI is InChI=1S/C17H15F2N3O2/c1-22-17(24-2)13-6-4-10(7-15(13)21-22)16(23)20-9-11-3-5-12(18)8-14(11)19/h3-8H,9H2,1-2H3,(H,20,23). The average Bonchev–Trinajstić information content (AvgIpc) is 2.87. The van der Waals surface area contributed by atoms with Crippen LogP contribution in [-0.2, 0) is 13.6 Å². The van der Waals surface area contributed by atoms with E-state index in [4.69, 9.17) is 4.74 Å². The zero-order chi connectivity index (χ0) is 17.3. The van der Waals surface area contributed by atoms with Crippen LogP contribution in [0, 0.1) is 11.6 Å². The number of carbonyl (C=O) groups excluding carboxylic acids is 1. The molecule has 0 aliphatic carbocycles. The van der Waals surface area contributed by atoms with Gasteiger partial charge in [-0.1, -0.05) is 6.07 Å². The molecule has 0 saturated heterocycles. The van der Waals surface area contributed by atoms with Gasteiger partial charge < -0.3 is 10.1 Å². The topological polar surface area (TPSA) is 56.1 Å². The van der Waals surface area contributed by atoms with Crippen LogP contribution in [-0.4, -0.2) is 22.8 Å². The first-order valence-electron chi connectivity index (χ1n) is 7.22. The van der Waals surface area contributed by atoms with Crippen molar-refractivity contribution in [3.05, 3.63) is 59.2 Å². The molecule has 0 aliphatic heterocycles. The minimum absolute atomic E-state index is 0.0332. The van der Waals surface area contributed by atoms with E-state index in [-0.39, 0.29) is 18.0 Å². The van der Waals surface area contributed by atoms with Crippen LogP contribution in [0.4, 0.5) is 8.78 Å². The number of aryl methyl sites for hydroxylation is 1. The van der Waals surface area contributed by atoms with Crippen LogP contribution in [0.3, 0.4) is 0 Å². The number of hydrogen-bond donors (Lipinski definition) is 1. The number of methoxy groups -OCH3 is 1. The summed E-state index contributed by atoms with van der Waals surface area (Å²) in [7, 11) is 3.30. The van der Waals surface area contributed by atoms with Gasteiger partial charge in [-0.3, -0.25) is 4.79 Å². The molecule has 1 amide bonds. The maximum absolute atomic E-state index is 13.6. The monoisotopic (exact) mass is 331 g/mol. The third-order valence-electron chi connectivity index (χ3n) is 3.69. The molecular weight excluding hydrogens is 316 g/mol. The van der Waals surface area contributed by atoms with Crippen molar-refractivity contribution in [3.63, 3.8) is 0 Å². The van der Waals surface area contributed by atoms with E-state index in [1.165, 1.54) is 6.07 Å². The second-order valence-corrected chi connectivity index (χ2v) is 5.28. The molecule has 2 aromatic carbocycles. The molecule has 3 rings (SSSR count). The first-order valence-corrected chi connectivity index (χ1v) is 7.22. The predicted octanol–water partition coefficient (Wildman–Crippen LogP) is 2.79. The van der Waals surface area contributed by atoms with Crippen molar-refractivity contribution in [2.75, 3.05) is 7.11 Å². The maximum Gasteiger partial charge on any atom is 0.251 e. The number of carbonyl (C=O) groups is 1. The summed E-state index contributed by atoms with van der Waals surface area (Å²) in [6.45, 7) is -0.0332. The summed E-state index contributed by atoms with van der Waals surface area (Å²) in [5.74, 6) is -1.12. The Kier molecular flexibility index (Phi) is 4.16. The lowest BCUT2D eigenvalue weighted by Gasteiger charge is -2.06. The van der Waals surface area contributed by atoms with Gasteiger partial charge in [-0.05, 0) is 24.3 Å². The van der Waals surface area contributed by atoms with Crippen molar-refractivity contribution in [2.24, 2.45) is 7.05 Å². The SMILES string of the molecule is COc1c2ccc(C(=O)NCc3ccc(F)cc3F)cc2nn1C. The highest BCUT2D eigenvalue weighted by Gasteiger charge is 2.13. The summed E-state index contributed by atoms with van der Waals surface area (Å²) >= 11 is 0. The van der Waals surface area contributed by atoms with Crippen LogP contribution in [0.15, 0.2) is 36.4 Å². The third kappa shape index (κ3) is 2.92. The van der Waals surface area contributed by atoms with Gasteiger partial charge in [0.05, 0.1) is 18.0 Å². The molecule has 0 fully saturated rings. The van der Waals surface area contributed by atoms with Gasteiger partial charge in [0, 0.05) is 30.8 Å². The molecule has 0 aliphatic rings. The van der Waals surface area contributed by atoms with Crippen LogP contribution < -0.4 is 10.1 Å². The van der Waals surface area contributed by atoms with Gasteiger partial charge in [0.15, 0.2) is 0 Å². The van der Waals surface area contributed by atoms with Crippen molar-refractivity contribution in [1.29, 1.82) is 0 Å². The zero-order valence-electron chi connectivity index (χ0n) is 13.1. The Bertz CT molecular complexity index is 922. The summed E-state index contributed by atoms with van der Waals surface area (Å²) in [6, 6.07) is 8.26. The van der Waals surface area contributed by atoms with Gasteiger partial charge in [0.25, 0.3) is 5.91 Å². The minimum atomic E-state index is -0.694.